The van der Waals surface area contributed by atoms with Crippen LogP contribution in [0.5, 0.6) is 0 Å². The van der Waals surface area contributed by atoms with Crippen LogP contribution < -0.4 is 5.32 Å². The summed E-state index contributed by atoms with van der Waals surface area (Å²) in [5, 5.41) is 3.23. The Hall–Kier alpha value is -2.63. The van der Waals surface area contributed by atoms with Crippen molar-refractivity contribution in [1.82, 2.24) is 15.2 Å². The summed E-state index contributed by atoms with van der Waals surface area (Å²) < 4.78 is 5.47. The Morgan fingerprint density at radius 2 is 1.77 bits per heavy atom. The molecule has 2 aromatic heterocycles. The average molecular weight is 410 g/mol. The largest absolute Gasteiger partial charge is 0.459 e. The highest BCUT2D eigenvalue weighted by Gasteiger charge is 2.41. The number of hydrogen-bond donors (Lipinski definition) is 1. The van der Waals surface area contributed by atoms with Crippen LogP contribution in [0.4, 0.5) is 0 Å². The number of nitrogens with one attached hydrogen (secondary N) is 1. The zero-order valence-electron chi connectivity index (χ0n) is 17.6. The predicted molar refractivity (Wildman–Crippen MR) is 114 cm³/mol. The molecule has 0 aliphatic heterocycles. The average Bonchev–Trinajstić information content (AvgIpc) is 3.47. The molecule has 0 bridgehead atoms. The van der Waals surface area contributed by atoms with E-state index in [0.717, 1.165) is 56.9 Å². The van der Waals surface area contributed by atoms with Crippen molar-refractivity contribution in [2.45, 2.75) is 76.4 Å². The van der Waals surface area contributed by atoms with E-state index in [2.05, 4.69) is 17.2 Å². The van der Waals surface area contributed by atoms with Crippen LogP contribution in [0.1, 0.15) is 80.5 Å². The van der Waals surface area contributed by atoms with E-state index in [-0.39, 0.29) is 29.7 Å². The summed E-state index contributed by atoms with van der Waals surface area (Å²) in [5.74, 6) is 0.273. The molecule has 0 spiro atoms. The van der Waals surface area contributed by atoms with Gasteiger partial charge in [-0.25, -0.2) is 0 Å². The molecule has 0 radical (unpaired) electrons. The summed E-state index contributed by atoms with van der Waals surface area (Å²) >= 11 is 0. The van der Waals surface area contributed by atoms with Gasteiger partial charge in [0.15, 0.2) is 5.76 Å². The first-order valence-electron chi connectivity index (χ1n) is 11.2. The smallest absolute Gasteiger partial charge is 0.290 e. The van der Waals surface area contributed by atoms with Crippen molar-refractivity contribution in [3.63, 3.8) is 0 Å². The summed E-state index contributed by atoms with van der Waals surface area (Å²) in [5.41, 5.74) is 0.790. The highest BCUT2D eigenvalue weighted by Crippen LogP contribution is 2.35. The molecule has 2 aliphatic rings. The van der Waals surface area contributed by atoms with Gasteiger partial charge in [-0.05, 0) is 61.4 Å². The molecule has 3 unspecified atom stereocenters. The lowest BCUT2D eigenvalue weighted by molar-refractivity contribution is -0.128. The summed E-state index contributed by atoms with van der Waals surface area (Å²) in [6, 6.07) is 6.56. The number of nitrogens with zero attached hydrogens (tertiary/aromatic N) is 2. The number of amides is 2. The van der Waals surface area contributed by atoms with Crippen LogP contribution in [0.2, 0.25) is 0 Å². The fourth-order valence-electron chi connectivity index (χ4n) is 5.03. The highest BCUT2D eigenvalue weighted by molar-refractivity contribution is 5.96. The molecule has 2 aromatic rings. The van der Waals surface area contributed by atoms with Gasteiger partial charge in [0, 0.05) is 24.5 Å². The maximum Gasteiger partial charge on any atom is 0.290 e. The molecule has 160 valence electrons. The van der Waals surface area contributed by atoms with Crippen LogP contribution in [-0.2, 0) is 4.79 Å². The summed E-state index contributed by atoms with van der Waals surface area (Å²) in [6.07, 6.45) is 13.3. The van der Waals surface area contributed by atoms with Crippen LogP contribution in [0.3, 0.4) is 0 Å². The zero-order valence-corrected chi connectivity index (χ0v) is 17.6. The number of furan rings is 1. The number of pyridine rings is 1. The molecule has 1 N–H and O–H groups in total. The normalized spacial score (nSPS) is 23.1. The molecule has 6 heteroatoms. The van der Waals surface area contributed by atoms with E-state index in [9.17, 15) is 9.59 Å². The van der Waals surface area contributed by atoms with Gasteiger partial charge in [-0.3, -0.25) is 14.6 Å². The molecule has 2 fully saturated rings. The Morgan fingerprint density at radius 1 is 1.07 bits per heavy atom. The van der Waals surface area contributed by atoms with Gasteiger partial charge in [-0.1, -0.05) is 32.6 Å². The van der Waals surface area contributed by atoms with E-state index in [4.69, 9.17) is 4.42 Å². The molecule has 2 saturated carbocycles. The molecule has 6 nitrogen and oxygen atoms in total. The van der Waals surface area contributed by atoms with Crippen LogP contribution in [-0.4, -0.2) is 33.8 Å². The van der Waals surface area contributed by atoms with Crippen molar-refractivity contribution < 1.29 is 14.0 Å². The molecule has 2 aliphatic carbocycles. The molecule has 30 heavy (non-hydrogen) atoms. The fraction of sp³-hybridized carbons (Fsp3) is 0.542. The Labute approximate surface area is 178 Å². The first kappa shape index (κ1) is 20.6. The third-order valence-corrected chi connectivity index (χ3v) is 6.64. The number of rotatable bonds is 6. The molecule has 4 rings (SSSR count). The van der Waals surface area contributed by atoms with Crippen molar-refractivity contribution in [3.05, 3.63) is 54.2 Å². The van der Waals surface area contributed by atoms with Crippen molar-refractivity contribution in [2.24, 2.45) is 5.92 Å². The Balaban J connectivity index is 1.73. The van der Waals surface area contributed by atoms with Gasteiger partial charge in [-0.2, -0.15) is 0 Å². The lowest BCUT2D eigenvalue weighted by atomic mass is 9.83. The van der Waals surface area contributed by atoms with Gasteiger partial charge in [0.2, 0.25) is 5.91 Å². The molecule has 2 amide bonds. The van der Waals surface area contributed by atoms with E-state index in [1.807, 2.05) is 12.1 Å². The highest BCUT2D eigenvalue weighted by atomic mass is 16.3. The first-order chi connectivity index (χ1) is 14.6. The fourth-order valence-corrected chi connectivity index (χ4v) is 5.03. The van der Waals surface area contributed by atoms with E-state index >= 15 is 0 Å². The zero-order chi connectivity index (χ0) is 20.9. The van der Waals surface area contributed by atoms with E-state index < -0.39 is 6.04 Å². The second kappa shape index (κ2) is 9.45. The van der Waals surface area contributed by atoms with Crippen LogP contribution in [0.15, 0.2) is 47.3 Å². The van der Waals surface area contributed by atoms with Crippen molar-refractivity contribution >= 4 is 11.8 Å². The Kier molecular flexibility index (Phi) is 6.50. The maximum atomic E-state index is 13.6. The molecular formula is C24H31N3O3. The van der Waals surface area contributed by atoms with Gasteiger partial charge in [0.25, 0.3) is 5.91 Å². The predicted octanol–water partition coefficient (Wildman–Crippen LogP) is 4.50. The van der Waals surface area contributed by atoms with E-state index in [0.29, 0.717) is 5.92 Å². The number of aromatic nitrogens is 1. The third kappa shape index (κ3) is 4.42. The van der Waals surface area contributed by atoms with Crippen molar-refractivity contribution in [2.75, 3.05) is 0 Å². The number of carbonyl (C=O) groups excluding carboxylic acids is 2. The standard InChI is InChI=1S/C24H31N3O3/c1-17-7-2-5-10-20(17)27(24(29)21-11-6-16-30-21)22(18-12-14-25-15-13-18)23(28)26-19-8-3-4-9-19/h6,11-17,19-20,22H,2-5,7-10H2,1H3,(H,26,28). The molecule has 2 heterocycles. The van der Waals surface area contributed by atoms with Gasteiger partial charge in [0.05, 0.1) is 6.26 Å². The summed E-state index contributed by atoms with van der Waals surface area (Å²) in [4.78, 5) is 33.2. The molecular weight excluding hydrogens is 378 g/mol. The minimum Gasteiger partial charge on any atom is -0.459 e. The van der Waals surface area contributed by atoms with E-state index in [1.54, 1.807) is 29.4 Å². The van der Waals surface area contributed by atoms with Gasteiger partial charge < -0.3 is 14.6 Å². The van der Waals surface area contributed by atoms with Gasteiger partial charge in [-0.15, -0.1) is 0 Å². The minimum atomic E-state index is -0.697. The van der Waals surface area contributed by atoms with Gasteiger partial charge >= 0.3 is 0 Å². The van der Waals surface area contributed by atoms with Crippen molar-refractivity contribution in [3.8, 4) is 0 Å². The van der Waals surface area contributed by atoms with Crippen LogP contribution in [0, 0.1) is 5.92 Å². The first-order valence-corrected chi connectivity index (χ1v) is 11.2. The molecule has 3 atom stereocenters. The molecule has 0 saturated heterocycles. The third-order valence-electron chi connectivity index (χ3n) is 6.64. The monoisotopic (exact) mass is 409 g/mol. The second-order valence-corrected chi connectivity index (χ2v) is 8.69. The maximum absolute atomic E-state index is 13.6. The summed E-state index contributed by atoms with van der Waals surface area (Å²) in [7, 11) is 0. The molecule has 0 aromatic carbocycles. The second-order valence-electron chi connectivity index (χ2n) is 8.69. The SMILES string of the molecule is CC1CCCCC1N(C(=O)c1ccco1)C(C(=O)NC1CCCC1)c1ccncc1. The quantitative estimate of drug-likeness (QED) is 0.762. The van der Waals surface area contributed by atoms with Crippen molar-refractivity contribution in [1.29, 1.82) is 0 Å². The minimum absolute atomic E-state index is 0.0103. The summed E-state index contributed by atoms with van der Waals surface area (Å²) in [6.45, 7) is 2.19. The van der Waals surface area contributed by atoms with Crippen LogP contribution in [0.25, 0.3) is 0 Å². The van der Waals surface area contributed by atoms with Crippen LogP contribution >= 0.6 is 0 Å². The Morgan fingerprint density at radius 3 is 2.43 bits per heavy atom. The number of carbonyl (C=O) groups is 2. The van der Waals surface area contributed by atoms with E-state index in [1.165, 1.54) is 6.26 Å². The van der Waals surface area contributed by atoms with Gasteiger partial charge in [0.1, 0.15) is 6.04 Å². The topological polar surface area (TPSA) is 75.4 Å². The Bertz CT molecular complexity index is 831. The number of hydrogen-bond acceptors (Lipinski definition) is 4. The lowest BCUT2D eigenvalue weighted by Gasteiger charge is -2.42. The lowest BCUT2D eigenvalue weighted by Crippen LogP contribution is -2.52.